The molecule has 0 spiro atoms. The highest BCUT2D eigenvalue weighted by atomic mass is 32.1. The molecule has 0 aromatic carbocycles. The van der Waals surface area contributed by atoms with E-state index in [1.54, 1.807) is 0 Å². The number of ether oxygens (including phenoxy) is 1. The number of hydrogen-bond acceptors (Lipinski definition) is 5. The van der Waals surface area contributed by atoms with E-state index in [0.717, 1.165) is 24.2 Å². The van der Waals surface area contributed by atoms with Crippen LogP contribution in [0.4, 0.5) is 0 Å². The monoisotopic (exact) mass is 257 g/mol. The van der Waals surface area contributed by atoms with E-state index in [1.807, 2.05) is 6.92 Å². The van der Waals surface area contributed by atoms with Gasteiger partial charge in [-0.2, -0.15) is 0 Å². The Balaban J connectivity index is 2.17. The number of thiazole rings is 1. The molecule has 1 fully saturated rings. The number of aromatic carboxylic acids is 1. The van der Waals surface area contributed by atoms with Crippen molar-refractivity contribution in [1.82, 2.24) is 4.98 Å². The number of aliphatic hydroxyl groups is 1. The molecule has 2 heterocycles. The van der Waals surface area contributed by atoms with E-state index >= 15 is 0 Å². The minimum Gasteiger partial charge on any atom is -0.477 e. The van der Waals surface area contributed by atoms with E-state index in [0.29, 0.717) is 18.2 Å². The normalized spacial score (nSPS) is 21.1. The van der Waals surface area contributed by atoms with Gasteiger partial charge in [0, 0.05) is 18.6 Å². The highest BCUT2D eigenvalue weighted by Gasteiger charge is 2.37. The van der Waals surface area contributed by atoms with E-state index in [-0.39, 0.29) is 10.3 Å². The Labute approximate surface area is 103 Å². The molecule has 1 saturated heterocycles. The summed E-state index contributed by atoms with van der Waals surface area (Å²) in [7, 11) is 0. The molecule has 0 saturated carbocycles. The zero-order valence-electron chi connectivity index (χ0n) is 9.55. The lowest BCUT2D eigenvalue weighted by atomic mass is 9.77. The molecule has 17 heavy (non-hydrogen) atoms. The smallest absolute Gasteiger partial charge is 0.347 e. The zero-order chi connectivity index (χ0) is 12.5. The number of aromatic nitrogens is 1. The standard InChI is InChI=1S/C11H15NO4S/c1-11(2-4-16-5-3-11)8(13)9-12-6-7(17-9)10(14)15/h6,8,13H,2-5H2,1H3,(H,14,15). The molecule has 1 unspecified atom stereocenters. The fraction of sp³-hybridized carbons (Fsp3) is 0.636. The number of carbonyl (C=O) groups is 1. The highest BCUT2D eigenvalue weighted by molar-refractivity contribution is 7.13. The van der Waals surface area contributed by atoms with Crippen LogP contribution in [0, 0.1) is 5.41 Å². The predicted molar refractivity (Wildman–Crippen MR) is 62.2 cm³/mol. The maximum atomic E-state index is 10.8. The van der Waals surface area contributed by atoms with E-state index in [1.165, 1.54) is 6.20 Å². The molecule has 1 aliphatic rings. The van der Waals surface area contributed by atoms with Crippen molar-refractivity contribution in [2.75, 3.05) is 13.2 Å². The molecule has 0 amide bonds. The third-order valence-electron chi connectivity index (χ3n) is 3.26. The van der Waals surface area contributed by atoms with Crippen molar-refractivity contribution in [3.8, 4) is 0 Å². The SMILES string of the molecule is CC1(C(O)c2ncc(C(=O)O)s2)CCOCC1. The van der Waals surface area contributed by atoms with E-state index in [9.17, 15) is 9.90 Å². The van der Waals surface area contributed by atoms with E-state index < -0.39 is 12.1 Å². The van der Waals surface area contributed by atoms with Gasteiger partial charge in [0.15, 0.2) is 0 Å². The molecule has 0 aliphatic carbocycles. The first kappa shape index (κ1) is 12.5. The molecule has 0 radical (unpaired) electrons. The van der Waals surface area contributed by atoms with Crippen LogP contribution in [0.1, 0.15) is 40.5 Å². The second kappa shape index (κ2) is 4.72. The van der Waals surface area contributed by atoms with Crippen molar-refractivity contribution in [3.63, 3.8) is 0 Å². The summed E-state index contributed by atoms with van der Waals surface area (Å²) in [5, 5.41) is 19.6. The molecule has 1 aromatic heterocycles. The van der Waals surface area contributed by atoms with Gasteiger partial charge in [-0.3, -0.25) is 0 Å². The summed E-state index contributed by atoms with van der Waals surface area (Å²) in [5.74, 6) is -1.00. The molecule has 2 N–H and O–H groups in total. The fourth-order valence-electron chi connectivity index (χ4n) is 1.92. The Morgan fingerprint density at radius 2 is 2.24 bits per heavy atom. The molecule has 6 heteroatoms. The summed E-state index contributed by atoms with van der Waals surface area (Å²) >= 11 is 1.04. The maximum Gasteiger partial charge on any atom is 0.347 e. The van der Waals surface area contributed by atoms with Gasteiger partial charge in [-0.25, -0.2) is 9.78 Å². The fourth-order valence-corrected chi connectivity index (χ4v) is 2.84. The van der Waals surface area contributed by atoms with Crippen molar-refractivity contribution in [3.05, 3.63) is 16.1 Å². The molecule has 5 nitrogen and oxygen atoms in total. The van der Waals surface area contributed by atoms with Gasteiger partial charge in [0.1, 0.15) is 16.0 Å². The van der Waals surface area contributed by atoms with Gasteiger partial charge in [-0.05, 0) is 12.8 Å². The largest absolute Gasteiger partial charge is 0.477 e. The Kier molecular flexibility index (Phi) is 3.46. The average Bonchev–Trinajstić information content (AvgIpc) is 2.78. The molecule has 1 aliphatic heterocycles. The molecule has 0 bridgehead atoms. The summed E-state index contributed by atoms with van der Waals surface area (Å²) < 4.78 is 5.27. The van der Waals surface area contributed by atoms with Crippen LogP contribution in [-0.2, 0) is 4.74 Å². The number of hydrogen-bond donors (Lipinski definition) is 2. The molecule has 1 aromatic rings. The van der Waals surface area contributed by atoms with Gasteiger partial charge < -0.3 is 14.9 Å². The number of carboxylic acid groups (broad SMARTS) is 1. The van der Waals surface area contributed by atoms with Crippen LogP contribution < -0.4 is 0 Å². The van der Waals surface area contributed by atoms with Crippen LogP contribution in [-0.4, -0.2) is 34.4 Å². The Morgan fingerprint density at radius 3 is 2.76 bits per heavy atom. The summed E-state index contributed by atoms with van der Waals surface area (Å²) in [6.45, 7) is 3.25. The van der Waals surface area contributed by atoms with Crippen LogP contribution in [0.2, 0.25) is 0 Å². The first-order valence-electron chi connectivity index (χ1n) is 5.48. The van der Waals surface area contributed by atoms with Gasteiger partial charge in [0.05, 0.1) is 6.20 Å². The van der Waals surface area contributed by atoms with Crippen LogP contribution in [0.15, 0.2) is 6.20 Å². The summed E-state index contributed by atoms with van der Waals surface area (Å²) in [6, 6.07) is 0. The average molecular weight is 257 g/mol. The Bertz CT molecular complexity index is 411. The van der Waals surface area contributed by atoms with Crippen LogP contribution in [0.25, 0.3) is 0 Å². The van der Waals surface area contributed by atoms with Gasteiger partial charge in [0.25, 0.3) is 0 Å². The van der Waals surface area contributed by atoms with Crippen molar-refractivity contribution < 1.29 is 19.7 Å². The number of carboxylic acids is 1. The molecule has 1 atom stereocenters. The first-order chi connectivity index (χ1) is 8.03. The number of rotatable bonds is 3. The van der Waals surface area contributed by atoms with Gasteiger partial charge >= 0.3 is 5.97 Å². The molecule has 94 valence electrons. The molecule has 2 rings (SSSR count). The van der Waals surface area contributed by atoms with Crippen molar-refractivity contribution in [1.29, 1.82) is 0 Å². The highest BCUT2D eigenvalue weighted by Crippen LogP contribution is 2.42. The van der Waals surface area contributed by atoms with Crippen molar-refractivity contribution >= 4 is 17.3 Å². The lowest BCUT2D eigenvalue weighted by Gasteiger charge is -2.36. The summed E-state index contributed by atoms with van der Waals surface area (Å²) in [4.78, 5) is 14.9. The van der Waals surface area contributed by atoms with Crippen LogP contribution in [0.5, 0.6) is 0 Å². The minimum atomic E-state index is -1.00. The first-order valence-corrected chi connectivity index (χ1v) is 6.29. The second-order valence-corrected chi connectivity index (χ2v) is 5.60. The molecular weight excluding hydrogens is 242 g/mol. The maximum absolute atomic E-state index is 10.8. The summed E-state index contributed by atoms with van der Waals surface area (Å²) in [5.41, 5.74) is -0.272. The van der Waals surface area contributed by atoms with Gasteiger partial charge in [0.2, 0.25) is 0 Å². The quantitative estimate of drug-likeness (QED) is 0.861. The second-order valence-electron chi connectivity index (χ2n) is 4.54. The zero-order valence-corrected chi connectivity index (χ0v) is 10.4. The minimum absolute atomic E-state index is 0.162. The van der Waals surface area contributed by atoms with E-state index in [4.69, 9.17) is 9.84 Å². The van der Waals surface area contributed by atoms with Crippen LogP contribution >= 0.6 is 11.3 Å². The van der Waals surface area contributed by atoms with Gasteiger partial charge in [-0.15, -0.1) is 11.3 Å². The Morgan fingerprint density at radius 1 is 1.59 bits per heavy atom. The lowest BCUT2D eigenvalue weighted by Crippen LogP contribution is -2.32. The number of nitrogens with zero attached hydrogens (tertiary/aromatic N) is 1. The van der Waals surface area contributed by atoms with Crippen molar-refractivity contribution in [2.24, 2.45) is 5.41 Å². The van der Waals surface area contributed by atoms with E-state index in [2.05, 4.69) is 4.98 Å². The van der Waals surface area contributed by atoms with Crippen molar-refractivity contribution in [2.45, 2.75) is 25.9 Å². The lowest BCUT2D eigenvalue weighted by molar-refractivity contribution is -0.0527. The third kappa shape index (κ3) is 2.48. The predicted octanol–water partition coefficient (Wildman–Crippen LogP) is 1.69. The number of aliphatic hydroxyl groups excluding tert-OH is 1. The van der Waals surface area contributed by atoms with Crippen LogP contribution in [0.3, 0.4) is 0 Å². The third-order valence-corrected chi connectivity index (χ3v) is 4.30. The summed E-state index contributed by atoms with van der Waals surface area (Å²) in [6.07, 6.45) is 2.10. The van der Waals surface area contributed by atoms with Gasteiger partial charge in [-0.1, -0.05) is 6.92 Å². The molecular formula is C11H15NO4S. The topological polar surface area (TPSA) is 79.7 Å². The Hall–Kier alpha value is -0.980.